The summed E-state index contributed by atoms with van der Waals surface area (Å²) in [5.41, 5.74) is 0. The summed E-state index contributed by atoms with van der Waals surface area (Å²) in [6.07, 6.45) is 2.09. The molecule has 0 saturated carbocycles. The van der Waals surface area contributed by atoms with Crippen LogP contribution in [0.15, 0.2) is 0 Å². The fraction of sp³-hybridized carbons (Fsp3) is 0.750. The molecule has 6 nitrogen and oxygen atoms in total. The molecule has 2 rings (SSSR count). The minimum Gasteiger partial charge on any atom is -0.338 e. The molecule has 6 heteroatoms. The van der Waals surface area contributed by atoms with Gasteiger partial charge in [0.25, 0.3) is 0 Å². The average molecular weight is 200 g/mol. The summed E-state index contributed by atoms with van der Waals surface area (Å²) in [6, 6.07) is -0.0718. The first-order valence-electron chi connectivity index (χ1n) is 4.82. The number of rotatable bonds is 0. The molecule has 2 aliphatic heterocycles. The van der Waals surface area contributed by atoms with E-state index in [2.05, 4.69) is 21.3 Å². The lowest BCUT2D eigenvalue weighted by atomic mass is 10.4. The zero-order chi connectivity index (χ0) is 10.2. The van der Waals surface area contributed by atoms with Crippen LogP contribution in [0.1, 0.15) is 12.8 Å². The van der Waals surface area contributed by atoms with Crippen LogP contribution in [0, 0.1) is 0 Å². The van der Waals surface area contributed by atoms with E-state index < -0.39 is 0 Å². The molecule has 0 atom stereocenters. The van der Waals surface area contributed by atoms with Crippen LogP contribution in [0.4, 0.5) is 9.59 Å². The molecule has 0 aromatic heterocycles. The van der Waals surface area contributed by atoms with Crippen LogP contribution in [0.5, 0.6) is 0 Å². The SMILES string of the molecule is O=C1NCCCN1.O=C1NCCCN1. The number of carbonyl (C=O) groups excluding carboxylic acids is 2. The van der Waals surface area contributed by atoms with Crippen molar-refractivity contribution in [1.82, 2.24) is 21.3 Å². The van der Waals surface area contributed by atoms with E-state index in [1.54, 1.807) is 0 Å². The molecule has 4 N–H and O–H groups in total. The molecule has 0 bridgehead atoms. The lowest BCUT2D eigenvalue weighted by Crippen LogP contribution is -2.42. The first kappa shape index (κ1) is 10.6. The summed E-state index contributed by atoms with van der Waals surface area (Å²) in [5, 5.41) is 10.5. The van der Waals surface area contributed by atoms with E-state index in [1.807, 2.05) is 0 Å². The summed E-state index contributed by atoms with van der Waals surface area (Å²) >= 11 is 0. The Morgan fingerprint density at radius 3 is 1.07 bits per heavy atom. The van der Waals surface area contributed by atoms with E-state index in [4.69, 9.17) is 0 Å². The van der Waals surface area contributed by atoms with Crippen LogP contribution in [0.2, 0.25) is 0 Å². The van der Waals surface area contributed by atoms with E-state index in [9.17, 15) is 9.59 Å². The number of carbonyl (C=O) groups is 2. The fourth-order valence-corrected chi connectivity index (χ4v) is 1.11. The van der Waals surface area contributed by atoms with Gasteiger partial charge in [-0.15, -0.1) is 0 Å². The Morgan fingerprint density at radius 1 is 0.643 bits per heavy atom. The third-order valence-corrected chi connectivity index (χ3v) is 1.85. The second kappa shape index (κ2) is 6.06. The zero-order valence-corrected chi connectivity index (χ0v) is 8.06. The molecule has 4 amide bonds. The van der Waals surface area contributed by atoms with Crippen molar-refractivity contribution >= 4 is 12.1 Å². The largest absolute Gasteiger partial charge is 0.338 e. The minimum atomic E-state index is -0.0359. The second-order valence-corrected chi connectivity index (χ2v) is 3.07. The van der Waals surface area contributed by atoms with Gasteiger partial charge in [0.2, 0.25) is 0 Å². The standard InChI is InChI=1S/2C4H8N2O/c2*7-4-5-2-1-3-6-4/h2*1-3H2,(H2,5,6,7). The number of amides is 4. The first-order chi connectivity index (χ1) is 6.79. The predicted molar refractivity (Wildman–Crippen MR) is 52.0 cm³/mol. The smallest absolute Gasteiger partial charge is 0.314 e. The van der Waals surface area contributed by atoms with Crippen molar-refractivity contribution in [2.75, 3.05) is 26.2 Å². The van der Waals surface area contributed by atoms with Gasteiger partial charge in [-0.1, -0.05) is 0 Å². The van der Waals surface area contributed by atoms with Crippen molar-refractivity contribution in [2.24, 2.45) is 0 Å². The van der Waals surface area contributed by atoms with Crippen molar-refractivity contribution in [2.45, 2.75) is 12.8 Å². The molecule has 0 aromatic rings. The second-order valence-electron chi connectivity index (χ2n) is 3.07. The van der Waals surface area contributed by atoms with Gasteiger partial charge >= 0.3 is 12.1 Å². The van der Waals surface area contributed by atoms with Crippen molar-refractivity contribution in [3.05, 3.63) is 0 Å². The van der Waals surface area contributed by atoms with Gasteiger partial charge in [0.1, 0.15) is 0 Å². The van der Waals surface area contributed by atoms with Crippen molar-refractivity contribution < 1.29 is 9.59 Å². The maximum absolute atomic E-state index is 10.2. The number of urea groups is 2. The van der Waals surface area contributed by atoms with Gasteiger partial charge < -0.3 is 21.3 Å². The van der Waals surface area contributed by atoms with Gasteiger partial charge in [-0.2, -0.15) is 0 Å². The highest BCUT2D eigenvalue weighted by Crippen LogP contribution is 1.79. The van der Waals surface area contributed by atoms with E-state index in [0.29, 0.717) is 0 Å². The first-order valence-corrected chi connectivity index (χ1v) is 4.82. The molecule has 2 heterocycles. The number of hydrogen-bond acceptors (Lipinski definition) is 2. The summed E-state index contributed by atoms with van der Waals surface area (Å²) in [7, 11) is 0. The Hall–Kier alpha value is -1.46. The number of hydrogen-bond donors (Lipinski definition) is 4. The Morgan fingerprint density at radius 2 is 0.929 bits per heavy atom. The van der Waals surface area contributed by atoms with Gasteiger partial charge in [0.05, 0.1) is 0 Å². The molecule has 0 unspecified atom stereocenters. The lowest BCUT2D eigenvalue weighted by Gasteiger charge is -2.11. The van der Waals surface area contributed by atoms with Gasteiger partial charge in [-0.25, -0.2) is 9.59 Å². The Bertz CT molecular complexity index is 170. The van der Waals surface area contributed by atoms with E-state index >= 15 is 0 Å². The fourth-order valence-electron chi connectivity index (χ4n) is 1.11. The molecule has 14 heavy (non-hydrogen) atoms. The van der Waals surface area contributed by atoms with E-state index in [0.717, 1.165) is 39.0 Å². The maximum Gasteiger partial charge on any atom is 0.314 e. The topological polar surface area (TPSA) is 82.3 Å². The molecular weight excluding hydrogens is 184 g/mol. The molecule has 0 aromatic carbocycles. The van der Waals surface area contributed by atoms with Gasteiger partial charge in [0.15, 0.2) is 0 Å². The number of nitrogens with one attached hydrogen (secondary N) is 4. The third kappa shape index (κ3) is 4.54. The van der Waals surface area contributed by atoms with Crippen LogP contribution in [-0.2, 0) is 0 Å². The van der Waals surface area contributed by atoms with Crippen LogP contribution >= 0.6 is 0 Å². The zero-order valence-electron chi connectivity index (χ0n) is 8.06. The minimum absolute atomic E-state index is 0.0359. The van der Waals surface area contributed by atoms with Crippen molar-refractivity contribution in [3.63, 3.8) is 0 Å². The monoisotopic (exact) mass is 200 g/mol. The molecule has 2 saturated heterocycles. The average Bonchev–Trinajstić information content (AvgIpc) is 2.21. The Kier molecular flexibility index (Phi) is 4.60. The predicted octanol–water partition coefficient (Wildman–Crippen LogP) is -0.621. The van der Waals surface area contributed by atoms with Crippen LogP contribution in [0.25, 0.3) is 0 Å². The highest BCUT2D eigenvalue weighted by Gasteiger charge is 2.02. The molecule has 2 fully saturated rings. The van der Waals surface area contributed by atoms with E-state index in [1.165, 1.54) is 0 Å². The van der Waals surface area contributed by atoms with Crippen LogP contribution in [0.3, 0.4) is 0 Å². The highest BCUT2D eigenvalue weighted by atomic mass is 16.2. The normalized spacial score (nSPS) is 20.3. The Balaban J connectivity index is 0.000000140. The maximum atomic E-state index is 10.2. The van der Waals surface area contributed by atoms with Crippen LogP contribution < -0.4 is 21.3 Å². The molecule has 2 aliphatic rings. The highest BCUT2D eigenvalue weighted by molar-refractivity contribution is 5.74. The molecule has 0 aliphatic carbocycles. The summed E-state index contributed by atoms with van der Waals surface area (Å²) < 4.78 is 0. The van der Waals surface area contributed by atoms with Crippen molar-refractivity contribution in [3.8, 4) is 0 Å². The Labute approximate surface area is 82.8 Å². The van der Waals surface area contributed by atoms with Gasteiger partial charge in [-0.05, 0) is 12.8 Å². The van der Waals surface area contributed by atoms with Crippen molar-refractivity contribution in [1.29, 1.82) is 0 Å². The summed E-state index contributed by atoms with van der Waals surface area (Å²) in [6.45, 7) is 3.30. The summed E-state index contributed by atoms with van der Waals surface area (Å²) in [5.74, 6) is 0. The van der Waals surface area contributed by atoms with Gasteiger partial charge in [-0.3, -0.25) is 0 Å². The summed E-state index contributed by atoms with van der Waals surface area (Å²) in [4.78, 5) is 20.5. The third-order valence-electron chi connectivity index (χ3n) is 1.85. The van der Waals surface area contributed by atoms with Gasteiger partial charge in [0, 0.05) is 26.2 Å². The molecule has 0 radical (unpaired) electrons. The van der Waals surface area contributed by atoms with E-state index in [-0.39, 0.29) is 12.1 Å². The quantitative estimate of drug-likeness (QED) is 0.420. The molecule has 0 spiro atoms. The lowest BCUT2D eigenvalue weighted by molar-refractivity contribution is 0.235. The van der Waals surface area contributed by atoms with Crippen LogP contribution in [-0.4, -0.2) is 38.2 Å². The molecule has 80 valence electrons. The molecular formula is C8H16N4O2.